The van der Waals surface area contributed by atoms with Crippen LogP contribution in [0.5, 0.6) is 17.2 Å². The molecule has 0 atom stereocenters. The number of nitrogens with zero attached hydrogens (tertiary/aromatic N) is 2. The molecule has 2 aliphatic rings. The maximum Gasteiger partial charge on any atom is 0.232 e. The first-order valence-electron chi connectivity index (χ1n) is 10.1. The minimum atomic E-state index is -0.627. The number of piperazine rings is 1. The largest absolute Gasteiger partial charge is 0.497 e. The van der Waals surface area contributed by atoms with Gasteiger partial charge in [-0.25, -0.2) is 0 Å². The molecule has 6 nitrogen and oxygen atoms in total. The summed E-state index contributed by atoms with van der Waals surface area (Å²) in [5.41, 5.74) is 1.48. The topological polar surface area (TPSA) is 51.2 Å². The van der Waals surface area contributed by atoms with E-state index >= 15 is 0 Å². The van der Waals surface area contributed by atoms with Crippen LogP contribution in [0.15, 0.2) is 42.5 Å². The fraction of sp³-hybridized carbons (Fsp3) is 0.435. The lowest BCUT2D eigenvalue weighted by Crippen LogP contribution is -2.53. The van der Waals surface area contributed by atoms with Gasteiger partial charge >= 0.3 is 0 Å². The average Bonchev–Trinajstić information content (AvgIpc) is 2.78. The predicted molar refractivity (Wildman–Crippen MR) is 112 cm³/mol. The van der Waals surface area contributed by atoms with Gasteiger partial charge < -0.3 is 24.0 Å². The van der Waals surface area contributed by atoms with E-state index in [2.05, 4.69) is 17.0 Å². The van der Waals surface area contributed by atoms with Crippen LogP contribution in [0.2, 0.25) is 0 Å². The number of ether oxygens (including phenoxy) is 3. The number of fused-ring (bicyclic) bond motifs is 1. The number of rotatable bonds is 4. The molecule has 2 aromatic rings. The van der Waals surface area contributed by atoms with E-state index in [-0.39, 0.29) is 5.91 Å². The number of amides is 1. The standard InChI is InChI=1S/C23H28N2O4/c1-23(2,17-4-9-20-21(16-17)29-15-14-28-20)22(26)25-12-10-24(11-13-25)18-5-7-19(27-3)8-6-18/h4-9,16H,10-15H2,1-3H3. The quantitative estimate of drug-likeness (QED) is 0.795. The summed E-state index contributed by atoms with van der Waals surface area (Å²) in [6, 6.07) is 13.9. The number of methoxy groups -OCH3 is 1. The molecular formula is C23H28N2O4. The Morgan fingerprint density at radius 2 is 1.59 bits per heavy atom. The molecule has 0 bridgehead atoms. The number of anilines is 1. The Morgan fingerprint density at radius 3 is 2.24 bits per heavy atom. The van der Waals surface area contributed by atoms with Crippen LogP contribution in [0, 0.1) is 0 Å². The van der Waals surface area contributed by atoms with Gasteiger partial charge in [0.1, 0.15) is 19.0 Å². The Morgan fingerprint density at radius 1 is 0.931 bits per heavy atom. The van der Waals surface area contributed by atoms with Crippen molar-refractivity contribution in [2.75, 3.05) is 51.4 Å². The first-order valence-corrected chi connectivity index (χ1v) is 10.1. The zero-order valence-corrected chi connectivity index (χ0v) is 17.3. The maximum absolute atomic E-state index is 13.3. The maximum atomic E-state index is 13.3. The summed E-state index contributed by atoms with van der Waals surface area (Å²) in [5.74, 6) is 2.46. The number of benzene rings is 2. The van der Waals surface area contributed by atoms with Crippen molar-refractivity contribution in [2.45, 2.75) is 19.3 Å². The van der Waals surface area contributed by atoms with E-state index in [0.717, 1.165) is 41.6 Å². The van der Waals surface area contributed by atoms with Gasteiger partial charge in [-0.15, -0.1) is 0 Å². The fourth-order valence-corrected chi connectivity index (χ4v) is 3.91. The molecule has 4 rings (SSSR count). The number of carbonyl (C=O) groups excluding carboxylic acids is 1. The molecule has 0 N–H and O–H groups in total. The van der Waals surface area contributed by atoms with E-state index in [1.165, 1.54) is 0 Å². The van der Waals surface area contributed by atoms with E-state index in [9.17, 15) is 4.79 Å². The Balaban J connectivity index is 1.43. The van der Waals surface area contributed by atoms with Gasteiger partial charge in [-0.2, -0.15) is 0 Å². The van der Waals surface area contributed by atoms with Gasteiger partial charge in [0.2, 0.25) is 5.91 Å². The lowest BCUT2D eigenvalue weighted by Gasteiger charge is -2.39. The SMILES string of the molecule is COc1ccc(N2CCN(C(=O)C(C)(C)c3ccc4c(c3)OCCO4)CC2)cc1. The van der Waals surface area contributed by atoms with Crippen LogP contribution in [-0.4, -0.2) is 57.3 Å². The summed E-state index contributed by atoms with van der Waals surface area (Å²) in [6.07, 6.45) is 0. The van der Waals surface area contributed by atoms with Gasteiger partial charge in [-0.05, 0) is 55.8 Å². The van der Waals surface area contributed by atoms with E-state index < -0.39 is 5.41 Å². The highest BCUT2D eigenvalue weighted by atomic mass is 16.6. The first kappa shape index (κ1) is 19.4. The second-order valence-electron chi connectivity index (χ2n) is 7.96. The molecule has 1 fully saturated rings. The number of hydrogen-bond donors (Lipinski definition) is 0. The van der Waals surface area contributed by atoms with Crippen LogP contribution in [-0.2, 0) is 10.2 Å². The van der Waals surface area contributed by atoms with E-state index in [4.69, 9.17) is 14.2 Å². The van der Waals surface area contributed by atoms with Crippen LogP contribution in [0.1, 0.15) is 19.4 Å². The normalized spacial score (nSPS) is 16.5. The molecule has 0 unspecified atom stereocenters. The summed E-state index contributed by atoms with van der Waals surface area (Å²) < 4.78 is 16.5. The Labute approximate surface area is 172 Å². The van der Waals surface area contributed by atoms with Crippen molar-refractivity contribution in [3.8, 4) is 17.2 Å². The summed E-state index contributed by atoms with van der Waals surface area (Å²) in [4.78, 5) is 17.6. The summed E-state index contributed by atoms with van der Waals surface area (Å²) >= 11 is 0. The molecule has 0 radical (unpaired) electrons. The molecule has 0 aliphatic carbocycles. The highest BCUT2D eigenvalue weighted by Gasteiger charge is 2.36. The third-order valence-corrected chi connectivity index (χ3v) is 5.80. The molecular weight excluding hydrogens is 368 g/mol. The minimum Gasteiger partial charge on any atom is -0.497 e. The summed E-state index contributed by atoms with van der Waals surface area (Å²) in [5, 5.41) is 0. The van der Waals surface area contributed by atoms with Crippen LogP contribution >= 0.6 is 0 Å². The van der Waals surface area contributed by atoms with Crippen LogP contribution in [0.3, 0.4) is 0 Å². The first-order chi connectivity index (χ1) is 14.0. The molecule has 0 saturated carbocycles. The molecule has 154 valence electrons. The van der Waals surface area contributed by atoms with Gasteiger partial charge in [0.15, 0.2) is 11.5 Å². The highest BCUT2D eigenvalue weighted by Crippen LogP contribution is 2.36. The minimum absolute atomic E-state index is 0.142. The molecule has 2 aromatic carbocycles. The van der Waals surface area contributed by atoms with E-state index in [0.29, 0.717) is 26.3 Å². The second-order valence-corrected chi connectivity index (χ2v) is 7.96. The monoisotopic (exact) mass is 396 g/mol. The fourth-order valence-electron chi connectivity index (χ4n) is 3.91. The van der Waals surface area contributed by atoms with Crippen molar-refractivity contribution in [3.63, 3.8) is 0 Å². The van der Waals surface area contributed by atoms with Crippen molar-refractivity contribution >= 4 is 11.6 Å². The van der Waals surface area contributed by atoms with Crippen molar-refractivity contribution in [1.82, 2.24) is 4.90 Å². The molecule has 0 spiro atoms. The number of hydrogen-bond acceptors (Lipinski definition) is 5. The Bertz CT molecular complexity index is 871. The predicted octanol–water partition coefficient (Wildman–Crippen LogP) is 3.09. The third-order valence-electron chi connectivity index (χ3n) is 5.80. The summed E-state index contributed by atoms with van der Waals surface area (Å²) in [7, 11) is 1.67. The Hall–Kier alpha value is -2.89. The molecule has 6 heteroatoms. The van der Waals surface area contributed by atoms with E-state index in [1.807, 2.05) is 49.1 Å². The lowest BCUT2D eigenvalue weighted by atomic mass is 9.82. The molecule has 1 saturated heterocycles. The van der Waals surface area contributed by atoms with Crippen molar-refractivity contribution < 1.29 is 19.0 Å². The molecule has 2 heterocycles. The van der Waals surface area contributed by atoms with Crippen molar-refractivity contribution in [1.29, 1.82) is 0 Å². The van der Waals surface area contributed by atoms with Gasteiger partial charge in [-0.1, -0.05) is 6.07 Å². The number of carbonyl (C=O) groups is 1. The lowest BCUT2D eigenvalue weighted by molar-refractivity contribution is -0.136. The second kappa shape index (κ2) is 7.85. The molecule has 0 aromatic heterocycles. The van der Waals surface area contributed by atoms with Gasteiger partial charge in [0, 0.05) is 31.9 Å². The average molecular weight is 396 g/mol. The van der Waals surface area contributed by atoms with Crippen LogP contribution in [0.4, 0.5) is 5.69 Å². The van der Waals surface area contributed by atoms with Crippen molar-refractivity contribution in [2.24, 2.45) is 0 Å². The van der Waals surface area contributed by atoms with Crippen LogP contribution < -0.4 is 19.1 Å². The smallest absolute Gasteiger partial charge is 0.232 e. The zero-order chi connectivity index (χ0) is 20.4. The third kappa shape index (κ3) is 3.84. The van der Waals surface area contributed by atoms with Crippen molar-refractivity contribution in [3.05, 3.63) is 48.0 Å². The molecule has 29 heavy (non-hydrogen) atoms. The highest BCUT2D eigenvalue weighted by molar-refractivity contribution is 5.88. The van der Waals surface area contributed by atoms with Gasteiger partial charge in [0.05, 0.1) is 12.5 Å². The zero-order valence-electron chi connectivity index (χ0n) is 17.3. The Kier molecular flexibility index (Phi) is 5.26. The van der Waals surface area contributed by atoms with E-state index in [1.54, 1.807) is 7.11 Å². The van der Waals surface area contributed by atoms with Gasteiger partial charge in [0.25, 0.3) is 0 Å². The van der Waals surface area contributed by atoms with Crippen LogP contribution in [0.25, 0.3) is 0 Å². The van der Waals surface area contributed by atoms with Gasteiger partial charge in [-0.3, -0.25) is 4.79 Å². The molecule has 1 amide bonds. The summed E-state index contributed by atoms with van der Waals surface area (Å²) in [6.45, 7) is 8.11. The molecule has 2 aliphatic heterocycles.